The molecule has 0 radical (unpaired) electrons. The number of hydrogen-bond donors (Lipinski definition) is 1. The zero-order chi connectivity index (χ0) is 12.3. The molecule has 2 heterocycles. The molecule has 6 heteroatoms. The SMILES string of the molecule is COCC(N)c1nc(-c2cnccc2C)no1. The zero-order valence-electron chi connectivity index (χ0n) is 9.75. The molecule has 0 amide bonds. The van der Waals surface area contributed by atoms with E-state index in [1.807, 2.05) is 13.0 Å². The average Bonchev–Trinajstić information content (AvgIpc) is 2.79. The molecular formula is C11H14N4O2. The maximum Gasteiger partial charge on any atom is 0.246 e. The predicted octanol–water partition coefficient (Wildman–Crippen LogP) is 1.09. The minimum Gasteiger partial charge on any atom is -0.383 e. The monoisotopic (exact) mass is 234 g/mol. The molecule has 0 aliphatic carbocycles. The molecule has 2 aromatic heterocycles. The average molecular weight is 234 g/mol. The fourth-order valence-electron chi connectivity index (χ4n) is 1.44. The number of aromatic nitrogens is 3. The van der Waals surface area contributed by atoms with Crippen molar-refractivity contribution < 1.29 is 9.26 Å². The Morgan fingerprint density at radius 2 is 2.35 bits per heavy atom. The van der Waals surface area contributed by atoms with Crippen LogP contribution in [-0.2, 0) is 4.74 Å². The Labute approximate surface area is 98.8 Å². The van der Waals surface area contributed by atoms with Gasteiger partial charge < -0.3 is 15.0 Å². The summed E-state index contributed by atoms with van der Waals surface area (Å²) in [6.45, 7) is 2.30. The van der Waals surface area contributed by atoms with Gasteiger partial charge in [-0.25, -0.2) is 0 Å². The summed E-state index contributed by atoms with van der Waals surface area (Å²) in [5, 5.41) is 3.89. The summed E-state index contributed by atoms with van der Waals surface area (Å²) >= 11 is 0. The third kappa shape index (κ3) is 2.48. The second kappa shape index (κ2) is 5.03. The van der Waals surface area contributed by atoms with Crippen molar-refractivity contribution >= 4 is 0 Å². The van der Waals surface area contributed by atoms with Gasteiger partial charge in [0.25, 0.3) is 0 Å². The van der Waals surface area contributed by atoms with E-state index in [9.17, 15) is 0 Å². The van der Waals surface area contributed by atoms with Crippen LogP contribution in [0, 0.1) is 6.92 Å². The van der Waals surface area contributed by atoms with Crippen LogP contribution in [0.5, 0.6) is 0 Å². The van der Waals surface area contributed by atoms with Gasteiger partial charge in [0.2, 0.25) is 11.7 Å². The highest BCUT2D eigenvalue weighted by molar-refractivity contribution is 5.57. The molecule has 17 heavy (non-hydrogen) atoms. The maximum absolute atomic E-state index is 5.80. The molecule has 90 valence electrons. The quantitative estimate of drug-likeness (QED) is 0.851. The Morgan fingerprint density at radius 3 is 3.06 bits per heavy atom. The van der Waals surface area contributed by atoms with Gasteiger partial charge in [0.05, 0.1) is 6.61 Å². The van der Waals surface area contributed by atoms with E-state index in [1.165, 1.54) is 0 Å². The van der Waals surface area contributed by atoms with Gasteiger partial charge in [0.15, 0.2) is 0 Å². The van der Waals surface area contributed by atoms with Crippen molar-refractivity contribution in [3.8, 4) is 11.4 Å². The Kier molecular flexibility index (Phi) is 3.46. The minimum absolute atomic E-state index is 0.341. The molecule has 2 rings (SSSR count). The largest absolute Gasteiger partial charge is 0.383 e. The normalized spacial score (nSPS) is 12.6. The molecule has 0 saturated carbocycles. The van der Waals surface area contributed by atoms with Crippen LogP contribution in [0.3, 0.4) is 0 Å². The van der Waals surface area contributed by atoms with Gasteiger partial charge in [-0.2, -0.15) is 4.98 Å². The van der Waals surface area contributed by atoms with Crippen molar-refractivity contribution in [1.29, 1.82) is 0 Å². The number of pyridine rings is 1. The molecule has 0 fully saturated rings. The molecule has 2 aromatic rings. The summed E-state index contributed by atoms with van der Waals surface area (Å²) in [4.78, 5) is 8.27. The molecule has 0 aliphatic rings. The molecular weight excluding hydrogens is 220 g/mol. The smallest absolute Gasteiger partial charge is 0.246 e. The summed E-state index contributed by atoms with van der Waals surface area (Å²) in [7, 11) is 1.57. The molecule has 0 spiro atoms. The van der Waals surface area contributed by atoms with Crippen LogP contribution in [0.15, 0.2) is 23.0 Å². The molecule has 1 atom stereocenters. The first kappa shape index (κ1) is 11.7. The van der Waals surface area contributed by atoms with Gasteiger partial charge in [-0.1, -0.05) is 5.16 Å². The van der Waals surface area contributed by atoms with Gasteiger partial charge in [0, 0.05) is 25.1 Å². The van der Waals surface area contributed by atoms with E-state index in [0.717, 1.165) is 11.1 Å². The number of nitrogens with zero attached hydrogens (tertiary/aromatic N) is 3. The highest BCUT2D eigenvalue weighted by Crippen LogP contribution is 2.20. The Bertz CT molecular complexity index is 498. The van der Waals surface area contributed by atoms with Crippen LogP contribution in [0.2, 0.25) is 0 Å². The standard InChI is InChI=1S/C11H14N4O2/c1-7-3-4-13-5-8(7)10-14-11(17-15-10)9(12)6-16-2/h3-5,9H,6,12H2,1-2H3. The first-order valence-electron chi connectivity index (χ1n) is 5.21. The summed E-state index contributed by atoms with van der Waals surface area (Å²) in [6, 6.07) is 1.48. The Hall–Kier alpha value is -1.79. The maximum atomic E-state index is 5.80. The molecule has 6 nitrogen and oxygen atoms in total. The lowest BCUT2D eigenvalue weighted by Crippen LogP contribution is -2.16. The Morgan fingerprint density at radius 1 is 1.53 bits per heavy atom. The fraction of sp³-hybridized carbons (Fsp3) is 0.364. The topological polar surface area (TPSA) is 87.1 Å². The van der Waals surface area contributed by atoms with E-state index < -0.39 is 6.04 Å². The van der Waals surface area contributed by atoms with E-state index in [0.29, 0.717) is 18.3 Å². The van der Waals surface area contributed by atoms with Crippen molar-refractivity contribution in [2.24, 2.45) is 5.73 Å². The first-order chi connectivity index (χ1) is 8.22. The summed E-state index contributed by atoms with van der Waals surface area (Å²) in [5.74, 6) is 0.863. The van der Waals surface area contributed by atoms with Crippen LogP contribution < -0.4 is 5.73 Å². The molecule has 1 unspecified atom stereocenters. The molecule has 2 N–H and O–H groups in total. The van der Waals surface area contributed by atoms with Crippen LogP contribution in [-0.4, -0.2) is 28.8 Å². The van der Waals surface area contributed by atoms with Gasteiger partial charge in [-0.15, -0.1) is 0 Å². The Balaban J connectivity index is 2.27. The predicted molar refractivity (Wildman–Crippen MR) is 61.1 cm³/mol. The van der Waals surface area contributed by atoms with Gasteiger partial charge in [0.1, 0.15) is 6.04 Å². The number of rotatable bonds is 4. The van der Waals surface area contributed by atoms with Crippen molar-refractivity contribution in [2.45, 2.75) is 13.0 Å². The molecule has 0 saturated heterocycles. The zero-order valence-corrected chi connectivity index (χ0v) is 9.75. The van der Waals surface area contributed by atoms with E-state index in [2.05, 4.69) is 15.1 Å². The number of nitrogens with two attached hydrogens (primary N) is 1. The van der Waals surface area contributed by atoms with E-state index in [4.69, 9.17) is 15.0 Å². The highest BCUT2D eigenvalue weighted by Gasteiger charge is 2.16. The lowest BCUT2D eigenvalue weighted by molar-refractivity contribution is 0.166. The third-order valence-corrected chi connectivity index (χ3v) is 2.39. The van der Waals surface area contributed by atoms with Crippen LogP contribution in [0.25, 0.3) is 11.4 Å². The van der Waals surface area contributed by atoms with Crippen molar-refractivity contribution in [3.05, 3.63) is 29.9 Å². The lowest BCUT2D eigenvalue weighted by atomic mass is 10.1. The summed E-state index contributed by atoms with van der Waals surface area (Å²) in [5.41, 5.74) is 7.67. The van der Waals surface area contributed by atoms with E-state index in [-0.39, 0.29) is 0 Å². The summed E-state index contributed by atoms with van der Waals surface area (Å²) in [6.07, 6.45) is 3.42. The highest BCUT2D eigenvalue weighted by atomic mass is 16.5. The van der Waals surface area contributed by atoms with Crippen LogP contribution in [0.4, 0.5) is 0 Å². The van der Waals surface area contributed by atoms with Gasteiger partial charge >= 0.3 is 0 Å². The first-order valence-corrected chi connectivity index (χ1v) is 5.21. The van der Waals surface area contributed by atoms with Crippen LogP contribution >= 0.6 is 0 Å². The molecule has 0 aliphatic heterocycles. The summed E-state index contributed by atoms with van der Waals surface area (Å²) < 4.78 is 10.0. The minimum atomic E-state index is -0.404. The fourth-order valence-corrected chi connectivity index (χ4v) is 1.44. The van der Waals surface area contributed by atoms with E-state index >= 15 is 0 Å². The number of methoxy groups -OCH3 is 1. The molecule has 0 aromatic carbocycles. The number of aryl methyl sites for hydroxylation is 1. The van der Waals surface area contributed by atoms with Crippen LogP contribution in [0.1, 0.15) is 17.5 Å². The van der Waals surface area contributed by atoms with Gasteiger partial charge in [-0.05, 0) is 18.6 Å². The number of ether oxygens (including phenoxy) is 1. The lowest BCUT2D eigenvalue weighted by Gasteiger charge is -2.03. The van der Waals surface area contributed by atoms with Crippen molar-refractivity contribution in [2.75, 3.05) is 13.7 Å². The molecule has 0 bridgehead atoms. The van der Waals surface area contributed by atoms with Gasteiger partial charge in [-0.3, -0.25) is 4.98 Å². The second-order valence-electron chi connectivity index (χ2n) is 3.71. The van der Waals surface area contributed by atoms with E-state index in [1.54, 1.807) is 19.5 Å². The van der Waals surface area contributed by atoms with Crippen molar-refractivity contribution in [3.63, 3.8) is 0 Å². The third-order valence-electron chi connectivity index (χ3n) is 2.39. The second-order valence-corrected chi connectivity index (χ2v) is 3.71. The number of hydrogen-bond acceptors (Lipinski definition) is 6. The van der Waals surface area contributed by atoms with Crippen molar-refractivity contribution in [1.82, 2.24) is 15.1 Å².